The SMILES string of the molecule is CC(C)(C)c1ccccc1-c1cc(Oc2cccc(-c3ccc4c(n3)c3cccc5c6ccccc6n4c53)c2)cc(-c2ccccn2)c1. The molecule has 48 heavy (non-hydrogen) atoms. The summed E-state index contributed by atoms with van der Waals surface area (Å²) in [6.07, 6.45) is 1.83. The third kappa shape index (κ3) is 4.60. The Morgan fingerprint density at radius 1 is 0.542 bits per heavy atom. The van der Waals surface area contributed by atoms with E-state index in [2.05, 4.69) is 139 Å². The van der Waals surface area contributed by atoms with E-state index in [1.165, 1.54) is 38.3 Å². The summed E-state index contributed by atoms with van der Waals surface area (Å²) in [7, 11) is 0. The Labute approximate surface area is 279 Å². The molecule has 4 heteroatoms. The van der Waals surface area contributed by atoms with Crippen LogP contribution in [-0.2, 0) is 5.41 Å². The van der Waals surface area contributed by atoms with Gasteiger partial charge in [0.05, 0.1) is 33.5 Å². The zero-order valence-electron chi connectivity index (χ0n) is 27.1. The number of hydrogen-bond donors (Lipinski definition) is 0. The Balaban J connectivity index is 1.13. The molecule has 230 valence electrons. The first-order chi connectivity index (χ1) is 23.4. The molecule has 0 saturated carbocycles. The van der Waals surface area contributed by atoms with E-state index in [0.717, 1.165) is 50.6 Å². The highest BCUT2D eigenvalue weighted by Crippen LogP contribution is 2.40. The summed E-state index contributed by atoms with van der Waals surface area (Å²) in [6.45, 7) is 6.76. The van der Waals surface area contributed by atoms with Gasteiger partial charge in [-0.3, -0.25) is 4.98 Å². The fraction of sp³-hybridized carbons (Fsp3) is 0.0909. The molecule has 4 nitrogen and oxygen atoms in total. The molecule has 0 unspecified atom stereocenters. The Morgan fingerprint density at radius 3 is 2.17 bits per heavy atom. The zero-order chi connectivity index (χ0) is 32.4. The highest BCUT2D eigenvalue weighted by molar-refractivity contribution is 6.22. The molecule has 0 fully saturated rings. The van der Waals surface area contributed by atoms with Gasteiger partial charge in [0.15, 0.2) is 0 Å². The summed E-state index contributed by atoms with van der Waals surface area (Å²) < 4.78 is 9.01. The number of hydrogen-bond acceptors (Lipinski definition) is 3. The number of nitrogens with zero attached hydrogens (tertiary/aromatic N) is 3. The van der Waals surface area contributed by atoms with Gasteiger partial charge < -0.3 is 9.14 Å². The Bertz CT molecular complexity index is 2630. The van der Waals surface area contributed by atoms with E-state index in [0.29, 0.717) is 0 Å². The van der Waals surface area contributed by atoms with Crippen LogP contribution in [0.5, 0.6) is 11.5 Å². The summed E-state index contributed by atoms with van der Waals surface area (Å²) >= 11 is 0. The minimum absolute atomic E-state index is 0.0169. The monoisotopic (exact) mass is 619 g/mol. The lowest BCUT2D eigenvalue weighted by Gasteiger charge is -2.23. The second-order valence-electron chi connectivity index (χ2n) is 13.5. The number of fused-ring (bicyclic) bond motifs is 6. The van der Waals surface area contributed by atoms with Crippen LogP contribution >= 0.6 is 0 Å². The first kappa shape index (κ1) is 28.2. The van der Waals surface area contributed by atoms with E-state index < -0.39 is 0 Å². The van der Waals surface area contributed by atoms with Crippen molar-refractivity contribution in [1.82, 2.24) is 14.4 Å². The van der Waals surface area contributed by atoms with Gasteiger partial charge in [-0.25, -0.2) is 4.98 Å². The van der Waals surface area contributed by atoms with Crippen molar-refractivity contribution in [2.24, 2.45) is 0 Å². The van der Waals surface area contributed by atoms with Gasteiger partial charge in [0.2, 0.25) is 0 Å². The van der Waals surface area contributed by atoms with Gasteiger partial charge in [-0.05, 0) is 82.8 Å². The molecule has 0 radical (unpaired) electrons. The van der Waals surface area contributed by atoms with E-state index >= 15 is 0 Å². The molecule has 0 aliphatic carbocycles. The van der Waals surface area contributed by atoms with Crippen LogP contribution in [0.25, 0.3) is 71.9 Å². The molecular formula is C44H33N3O. The number of pyridine rings is 2. The fourth-order valence-corrected chi connectivity index (χ4v) is 7.19. The Hall–Kier alpha value is -6.00. The maximum atomic E-state index is 6.66. The summed E-state index contributed by atoms with van der Waals surface area (Å²) in [4.78, 5) is 9.91. The third-order valence-corrected chi connectivity index (χ3v) is 9.34. The van der Waals surface area contributed by atoms with Crippen LogP contribution in [0.15, 0.2) is 146 Å². The smallest absolute Gasteiger partial charge is 0.128 e. The standard InChI is InChI=1S/C44H33N3O/c1-44(2,3)37-18-6-4-14-33(37)29-24-30(38-19-8-9-23-45-38)27-32(26-29)48-31-13-10-12-28(25-31)39-21-22-41-42(46-39)36-17-11-16-35-34-15-5-7-20-40(34)47(41)43(35)36/h4-27H,1-3H3. The molecule has 4 aromatic heterocycles. The Kier molecular flexibility index (Phi) is 6.34. The maximum Gasteiger partial charge on any atom is 0.128 e. The molecule has 4 heterocycles. The lowest BCUT2D eigenvalue weighted by Crippen LogP contribution is -2.12. The molecular weight excluding hydrogens is 587 g/mol. The number of rotatable bonds is 5. The first-order valence-electron chi connectivity index (χ1n) is 16.4. The summed E-state index contributed by atoms with van der Waals surface area (Å²) in [5.74, 6) is 1.51. The average molecular weight is 620 g/mol. The van der Waals surface area contributed by atoms with Gasteiger partial charge in [-0.1, -0.05) is 99.6 Å². The molecule has 0 spiro atoms. The van der Waals surface area contributed by atoms with Gasteiger partial charge in [-0.2, -0.15) is 0 Å². The van der Waals surface area contributed by atoms with Crippen LogP contribution in [0.2, 0.25) is 0 Å². The second-order valence-corrected chi connectivity index (χ2v) is 13.5. The molecule has 0 saturated heterocycles. The molecule has 0 aliphatic heterocycles. The van der Waals surface area contributed by atoms with Crippen LogP contribution in [0.3, 0.4) is 0 Å². The summed E-state index contributed by atoms with van der Waals surface area (Å²) in [5, 5.41) is 3.70. The van der Waals surface area contributed by atoms with Crippen molar-refractivity contribution in [3.8, 4) is 45.1 Å². The predicted molar refractivity (Wildman–Crippen MR) is 198 cm³/mol. The summed E-state index contributed by atoms with van der Waals surface area (Å²) in [6, 6.07) is 48.7. The van der Waals surface area contributed by atoms with Crippen molar-refractivity contribution in [3.05, 3.63) is 151 Å². The van der Waals surface area contributed by atoms with E-state index in [1.807, 2.05) is 36.5 Å². The van der Waals surface area contributed by atoms with E-state index in [1.54, 1.807) is 0 Å². The van der Waals surface area contributed by atoms with E-state index in [9.17, 15) is 0 Å². The van der Waals surface area contributed by atoms with Crippen molar-refractivity contribution >= 4 is 38.2 Å². The highest BCUT2D eigenvalue weighted by atomic mass is 16.5. The lowest BCUT2D eigenvalue weighted by molar-refractivity contribution is 0.483. The molecule has 9 aromatic rings. The molecule has 0 atom stereocenters. The minimum atomic E-state index is -0.0169. The largest absolute Gasteiger partial charge is 0.457 e. The highest BCUT2D eigenvalue weighted by Gasteiger charge is 2.20. The van der Waals surface area contributed by atoms with Gasteiger partial charge >= 0.3 is 0 Å². The quantitative estimate of drug-likeness (QED) is 0.192. The third-order valence-electron chi connectivity index (χ3n) is 9.34. The first-order valence-corrected chi connectivity index (χ1v) is 16.4. The van der Waals surface area contributed by atoms with Crippen molar-refractivity contribution in [2.75, 3.05) is 0 Å². The van der Waals surface area contributed by atoms with Gasteiger partial charge in [0, 0.05) is 33.5 Å². The van der Waals surface area contributed by atoms with Gasteiger partial charge in [-0.15, -0.1) is 0 Å². The molecule has 0 N–H and O–H groups in total. The number of aromatic nitrogens is 3. The summed E-state index contributed by atoms with van der Waals surface area (Å²) in [5.41, 5.74) is 12.0. The van der Waals surface area contributed by atoms with Crippen molar-refractivity contribution in [1.29, 1.82) is 0 Å². The number of ether oxygens (including phenoxy) is 1. The minimum Gasteiger partial charge on any atom is -0.457 e. The van der Waals surface area contributed by atoms with Crippen LogP contribution in [0.4, 0.5) is 0 Å². The average Bonchev–Trinajstić information content (AvgIpc) is 3.64. The van der Waals surface area contributed by atoms with Crippen molar-refractivity contribution < 1.29 is 4.74 Å². The predicted octanol–water partition coefficient (Wildman–Crippen LogP) is 11.7. The van der Waals surface area contributed by atoms with E-state index in [4.69, 9.17) is 9.72 Å². The van der Waals surface area contributed by atoms with E-state index in [-0.39, 0.29) is 5.41 Å². The Morgan fingerprint density at radius 2 is 1.29 bits per heavy atom. The molecule has 0 aliphatic rings. The molecule has 0 bridgehead atoms. The normalized spacial score (nSPS) is 12.1. The van der Waals surface area contributed by atoms with Crippen molar-refractivity contribution in [3.63, 3.8) is 0 Å². The fourth-order valence-electron chi connectivity index (χ4n) is 7.19. The molecule has 9 rings (SSSR count). The molecule has 0 amide bonds. The number of para-hydroxylation sites is 2. The topological polar surface area (TPSA) is 39.4 Å². The van der Waals surface area contributed by atoms with Crippen molar-refractivity contribution in [2.45, 2.75) is 26.2 Å². The van der Waals surface area contributed by atoms with Gasteiger partial charge in [0.1, 0.15) is 11.5 Å². The van der Waals surface area contributed by atoms with Gasteiger partial charge in [0.25, 0.3) is 0 Å². The maximum absolute atomic E-state index is 6.66. The number of benzene rings is 5. The zero-order valence-corrected chi connectivity index (χ0v) is 27.1. The molecule has 5 aromatic carbocycles. The van der Waals surface area contributed by atoms with Crippen LogP contribution in [0.1, 0.15) is 26.3 Å². The second kappa shape index (κ2) is 10.8. The lowest BCUT2D eigenvalue weighted by atomic mass is 9.81. The van der Waals surface area contributed by atoms with Crippen LogP contribution in [-0.4, -0.2) is 14.4 Å². The van der Waals surface area contributed by atoms with Crippen LogP contribution in [0, 0.1) is 0 Å². The van der Waals surface area contributed by atoms with Crippen LogP contribution < -0.4 is 4.74 Å².